The molecule has 1 aliphatic rings. The standard InChI is InChI=1S/C16H20N2O4S/c1-6-18-15(19)11(17(2)16(18)23)7-10-8-13(21-4)14(22-5)9-12(10)20-3/h7-9H,6H2,1-5H3/b11-7-. The topological polar surface area (TPSA) is 51.2 Å². The summed E-state index contributed by atoms with van der Waals surface area (Å²) >= 11 is 5.30. The van der Waals surface area contributed by atoms with Gasteiger partial charge in [-0.2, -0.15) is 0 Å². The zero-order valence-corrected chi connectivity index (χ0v) is 14.7. The Morgan fingerprint density at radius 1 is 1.09 bits per heavy atom. The van der Waals surface area contributed by atoms with Gasteiger partial charge in [0, 0.05) is 25.2 Å². The monoisotopic (exact) mass is 336 g/mol. The van der Waals surface area contributed by atoms with E-state index in [0.29, 0.717) is 40.2 Å². The Morgan fingerprint density at radius 3 is 2.13 bits per heavy atom. The second kappa shape index (κ2) is 6.87. The minimum atomic E-state index is -0.128. The van der Waals surface area contributed by atoms with E-state index in [4.69, 9.17) is 26.4 Å². The number of rotatable bonds is 5. The molecule has 6 nitrogen and oxygen atoms in total. The molecule has 0 N–H and O–H groups in total. The van der Waals surface area contributed by atoms with Crippen molar-refractivity contribution in [2.75, 3.05) is 34.9 Å². The van der Waals surface area contributed by atoms with E-state index in [1.807, 2.05) is 6.92 Å². The van der Waals surface area contributed by atoms with Crippen LogP contribution in [-0.2, 0) is 4.79 Å². The maximum Gasteiger partial charge on any atom is 0.276 e. The molecule has 0 aliphatic carbocycles. The van der Waals surface area contributed by atoms with Crippen molar-refractivity contribution in [1.29, 1.82) is 0 Å². The van der Waals surface area contributed by atoms with Crippen LogP contribution in [0.25, 0.3) is 6.08 Å². The van der Waals surface area contributed by atoms with Crippen molar-refractivity contribution >= 4 is 29.3 Å². The predicted octanol–water partition coefficient (Wildman–Crippen LogP) is 2.13. The van der Waals surface area contributed by atoms with Crippen LogP contribution in [-0.4, -0.2) is 55.7 Å². The van der Waals surface area contributed by atoms with E-state index in [1.165, 1.54) is 0 Å². The Labute approximate surface area is 141 Å². The summed E-state index contributed by atoms with van der Waals surface area (Å²) in [5.41, 5.74) is 1.20. The summed E-state index contributed by atoms with van der Waals surface area (Å²) in [7, 11) is 6.45. The molecule has 1 fully saturated rings. The molecule has 1 saturated heterocycles. The molecule has 2 rings (SSSR count). The normalized spacial score (nSPS) is 16.3. The van der Waals surface area contributed by atoms with E-state index in [-0.39, 0.29) is 5.91 Å². The first-order valence-electron chi connectivity index (χ1n) is 7.09. The fourth-order valence-corrected chi connectivity index (χ4v) is 2.71. The molecule has 0 bridgehead atoms. The highest BCUT2D eigenvalue weighted by atomic mass is 32.1. The summed E-state index contributed by atoms with van der Waals surface area (Å²) in [6.45, 7) is 2.42. The Morgan fingerprint density at radius 2 is 1.65 bits per heavy atom. The van der Waals surface area contributed by atoms with E-state index in [0.717, 1.165) is 0 Å². The summed E-state index contributed by atoms with van der Waals surface area (Å²) in [6, 6.07) is 3.49. The predicted molar refractivity (Wildman–Crippen MR) is 91.8 cm³/mol. The number of amides is 1. The SMILES string of the molecule is CCN1C(=O)/C(=C/c2cc(OC)c(OC)cc2OC)N(C)C1=S. The number of nitrogens with zero attached hydrogens (tertiary/aromatic N) is 2. The zero-order chi connectivity index (χ0) is 17.1. The number of methoxy groups -OCH3 is 3. The number of likely N-dealkylation sites (N-methyl/N-ethyl adjacent to an activating group) is 2. The molecule has 0 radical (unpaired) electrons. The molecule has 1 aromatic carbocycles. The smallest absolute Gasteiger partial charge is 0.276 e. The molecule has 0 unspecified atom stereocenters. The molecule has 1 aromatic rings. The van der Waals surface area contributed by atoms with Gasteiger partial charge in [0.15, 0.2) is 16.6 Å². The molecule has 0 atom stereocenters. The Balaban J connectivity index is 2.54. The molecule has 1 amide bonds. The lowest BCUT2D eigenvalue weighted by molar-refractivity contribution is -0.122. The van der Waals surface area contributed by atoms with Crippen molar-refractivity contribution in [3.05, 3.63) is 23.4 Å². The highest BCUT2D eigenvalue weighted by molar-refractivity contribution is 7.80. The third-order valence-corrected chi connectivity index (χ3v) is 4.18. The second-order valence-corrected chi connectivity index (χ2v) is 5.23. The van der Waals surface area contributed by atoms with E-state index < -0.39 is 0 Å². The molecule has 7 heteroatoms. The number of benzene rings is 1. The van der Waals surface area contributed by atoms with Crippen LogP contribution in [0.3, 0.4) is 0 Å². The highest BCUT2D eigenvalue weighted by Gasteiger charge is 2.34. The van der Waals surface area contributed by atoms with Crippen LogP contribution in [0.2, 0.25) is 0 Å². The average Bonchev–Trinajstić information content (AvgIpc) is 2.77. The number of carbonyl (C=O) groups excluding carboxylic acids is 1. The summed E-state index contributed by atoms with van der Waals surface area (Å²) in [6.07, 6.45) is 1.74. The minimum Gasteiger partial charge on any atom is -0.496 e. The van der Waals surface area contributed by atoms with Crippen LogP contribution >= 0.6 is 12.2 Å². The number of hydrogen-bond acceptors (Lipinski definition) is 5. The lowest BCUT2D eigenvalue weighted by Gasteiger charge is -2.14. The van der Waals surface area contributed by atoms with E-state index in [2.05, 4.69) is 0 Å². The first-order chi connectivity index (χ1) is 11.0. The van der Waals surface area contributed by atoms with Gasteiger partial charge in [-0.15, -0.1) is 0 Å². The molecule has 23 heavy (non-hydrogen) atoms. The van der Waals surface area contributed by atoms with Crippen molar-refractivity contribution in [3.8, 4) is 17.2 Å². The summed E-state index contributed by atoms with van der Waals surface area (Å²) in [5, 5.41) is 0.489. The van der Waals surface area contributed by atoms with Gasteiger partial charge < -0.3 is 19.1 Å². The zero-order valence-electron chi connectivity index (χ0n) is 13.9. The van der Waals surface area contributed by atoms with Crippen molar-refractivity contribution in [2.24, 2.45) is 0 Å². The van der Waals surface area contributed by atoms with Crippen LogP contribution in [0, 0.1) is 0 Å². The molecule has 0 saturated carbocycles. The number of hydrogen-bond donors (Lipinski definition) is 0. The fourth-order valence-electron chi connectivity index (χ4n) is 2.40. The lowest BCUT2D eigenvalue weighted by Crippen LogP contribution is -2.30. The highest BCUT2D eigenvalue weighted by Crippen LogP contribution is 2.36. The Hall–Kier alpha value is -2.28. The third kappa shape index (κ3) is 2.96. The Kier molecular flexibility index (Phi) is 5.10. The number of ether oxygens (including phenoxy) is 3. The molecule has 0 aromatic heterocycles. The quantitative estimate of drug-likeness (QED) is 0.606. The van der Waals surface area contributed by atoms with Crippen LogP contribution in [0.15, 0.2) is 17.8 Å². The van der Waals surface area contributed by atoms with E-state index in [9.17, 15) is 4.79 Å². The largest absolute Gasteiger partial charge is 0.496 e. The summed E-state index contributed by atoms with van der Waals surface area (Å²) < 4.78 is 16.0. The number of thiocarbonyl (C=S) groups is 1. The van der Waals surface area contributed by atoms with E-state index in [1.54, 1.807) is 56.4 Å². The molecular weight excluding hydrogens is 316 g/mol. The average molecular weight is 336 g/mol. The first kappa shape index (κ1) is 17.1. The Bertz CT molecular complexity index is 672. The minimum absolute atomic E-state index is 0.128. The van der Waals surface area contributed by atoms with Gasteiger partial charge >= 0.3 is 0 Å². The van der Waals surface area contributed by atoms with Gasteiger partial charge in [-0.05, 0) is 31.3 Å². The van der Waals surface area contributed by atoms with Gasteiger partial charge in [0.05, 0.1) is 21.3 Å². The second-order valence-electron chi connectivity index (χ2n) is 4.87. The van der Waals surface area contributed by atoms with Crippen molar-refractivity contribution in [2.45, 2.75) is 6.92 Å². The maximum atomic E-state index is 12.5. The third-order valence-electron chi connectivity index (χ3n) is 3.69. The van der Waals surface area contributed by atoms with Crippen LogP contribution in [0.5, 0.6) is 17.2 Å². The molecule has 124 valence electrons. The fraction of sp³-hybridized carbons (Fsp3) is 0.375. The van der Waals surface area contributed by atoms with Crippen LogP contribution in [0.4, 0.5) is 0 Å². The lowest BCUT2D eigenvalue weighted by atomic mass is 10.1. The van der Waals surface area contributed by atoms with Gasteiger partial charge in [-0.3, -0.25) is 9.69 Å². The van der Waals surface area contributed by atoms with Crippen LogP contribution < -0.4 is 14.2 Å². The van der Waals surface area contributed by atoms with Gasteiger partial charge in [-0.25, -0.2) is 0 Å². The summed E-state index contributed by atoms with van der Waals surface area (Å²) in [5.74, 6) is 1.57. The van der Waals surface area contributed by atoms with E-state index >= 15 is 0 Å². The molecule has 1 heterocycles. The van der Waals surface area contributed by atoms with Gasteiger partial charge in [0.1, 0.15) is 11.4 Å². The van der Waals surface area contributed by atoms with Gasteiger partial charge in [-0.1, -0.05) is 0 Å². The van der Waals surface area contributed by atoms with Crippen molar-refractivity contribution in [1.82, 2.24) is 9.80 Å². The van der Waals surface area contributed by atoms with Crippen LogP contribution in [0.1, 0.15) is 12.5 Å². The first-order valence-corrected chi connectivity index (χ1v) is 7.50. The van der Waals surface area contributed by atoms with Gasteiger partial charge in [0.25, 0.3) is 5.91 Å². The summed E-state index contributed by atoms with van der Waals surface area (Å²) in [4.78, 5) is 15.7. The van der Waals surface area contributed by atoms with Crippen molar-refractivity contribution in [3.63, 3.8) is 0 Å². The maximum absolute atomic E-state index is 12.5. The number of carbonyl (C=O) groups is 1. The molecular formula is C16H20N2O4S. The molecule has 1 aliphatic heterocycles. The van der Waals surface area contributed by atoms with Gasteiger partial charge in [0.2, 0.25) is 0 Å². The molecule has 0 spiro atoms. The van der Waals surface area contributed by atoms with Crippen molar-refractivity contribution < 1.29 is 19.0 Å².